The lowest BCUT2D eigenvalue weighted by atomic mass is 10.1. The molecular formula is C13H16ClN5O. The Balaban J connectivity index is 1.80. The highest BCUT2D eigenvalue weighted by Gasteiger charge is 2.18. The van der Waals surface area contributed by atoms with E-state index in [-0.39, 0.29) is 0 Å². The Bertz CT molecular complexity index is 594. The molecule has 1 fully saturated rings. The number of tetrazole rings is 1. The van der Waals surface area contributed by atoms with Crippen molar-refractivity contribution >= 4 is 17.3 Å². The van der Waals surface area contributed by atoms with Crippen LogP contribution in [0.3, 0.4) is 0 Å². The van der Waals surface area contributed by atoms with Crippen molar-refractivity contribution in [3.63, 3.8) is 0 Å². The van der Waals surface area contributed by atoms with Gasteiger partial charge in [0.2, 0.25) is 0 Å². The Morgan fingerprint density at radius 2 is 2.35 bits per heavy atom. The van der Waals surface area contributed by atoms with Crippen LogP contribution in [0.2, 0.25) is 5.02 Å². The van der Waals surface area contributed by atoms with Gasteiger partial charge in [-0.05, 0) is 41.8 Å². The second-order valence-electron chi connectivity index (χ2n) is 4.86. The number of hydrogen-bond donors (Lipinski definition) is 1. The molecule has 7 heteroatoms. The van der Waals surface area contributed by atoms with Gasteiger partial charge in [0.1, 0.15) is 0 Å². The summed E-state index contributed by atoms with van der Waals surface area (Å²) in [7, 11) is 0. The van der Waals surface area contributed by atoms with E-state index >= 15 is 0 Å². The third kappa shape index (κ3) is 2.62. The minimum absolute atomic E-state index is 0.309. The monoisotopic (exact) mass is 293 g/mol. The van der Waals surface area contributed by atoms with Crippen LogP contribution in [0.15, 0.2) is 18.2 Å². The van der Waals surface area contributed by atoms with E-state index in [1.807, 2.05) is 12.1 Å². The first-order valence-corrected chi connectivity index (χ1v) is 7.05. The van der Waals surface area contributed by atoms with Crippen LogP contribution in [-0.2, 0) is 11.3 Å². The van der Waals surface area contributed by atoms with E-state index in [0.29, 0.717) is 29.2 Å². The Hall–Kier alpha value is -1.66. The van der Waals surface area contributed by atoms with Crippen molar-refractivity contribution in [1.82, 2.24) is 20.2 Å². The zero-order valence-electron chi connectivity index (χ0n) is 11.0. The first kappa shape index (κ1) is 13.3. The lowest BCUT2D eigenvalue weighted by Gasteiger charge is -2.10. The fourth-order valence-corrected chi connectivity index (χ4v) is 2.62. The smallest absolute Gasteiger partial charge is 0.183 e. The highest BCUT2D eigenvalue weighted by molar-refractivity contribution is 6.35. The van der Waals surface area contributed by atoms with Gasteiger partial charge in [0.05, 0.1) is 16.8 Å². The second-order valence-corrected chi connectivity index (χ2v) is 5.24. The number of nitrogen functional groups attached to an aromatic ring is 1. The SMILES string of the molecule is Nc1cccc(-c2nnnn2CCC2CCCO2)c1Cl. The van der Waals surface area contributed by atoms with E-state index in [1.165, 1.54) is 0 Å². The van der Waals surface area contributed by atoms with E-state index in [0.717, 1.165) is 31.4 Å². The fourth-order valence-electron chi connectivity index (χ4n) is 2.41. The summed E-state index contributed by atoms with van der Waals surface area (Å²) in [6.07, 6.45) is 3.45. The molecule has 6 nitrogen and oxygen atoms in total. The standard InChI is InChI=1S/C13H16ClN5O/c14-12-10(4-1-5-11(12)15)13-16-17-18-19(13)7-6-9-3-2-8-20-9/h1,4-5,9H,2-3,6-8,15H2. The van der Waals surface area contributed by atoms with Gasteiger partial charge in [-0.2, -0.15) is 0 Å². The molecule has 0 aliphatic carbocycles. The molecule has 2 N–H and O–H groups in total. The minimum atomic E-state index is 0.309. The number of halogens is 1. The number of ether oxygens (including phenoxy) is 1. The van der Waals surface area contributed by atoms with Crippen LogP contribution in [0.5, 0.6) is 0 Å². The largest absolute Gasteiger partial charge is 0.398 e. The molecule has 0 radical (unpaired) electrons. The number of nitrogens with zero attached hydrogens (tertiary/aromatic N) is 4. The average Bonchev–Trinajstić information content (AvgIpc) is 3.10. The van der Waals surface area contributed by atoms with Gasteiger partial charge in [0.25, 0.3) is 0 Å². The molecule has 20 heavy (non-hydrogen) atoms. The summed E-state index contributed by atoms with van der Waals surface area (Å²) in [5.74, 6) is 0.639. The van der Waals surface area contributed by atoms with Crippen molar-refractivity contribution in [3.05, 3.63) is 23.2 Å². The molecule has 1 aromatic carbocycles. The highest BCUT2D eigenvalue weighted by atomic mass is 35.5. The topological polar surface area (TPSA) is 78.9 Å². The average molecular weight is 294 g/mol. The molecule has 1 atom stereocenters. The molecule has 3 rings (SSSR count). The van der Waals surface area contributed by atoms with Crippen LogP contribution < -0.4 is 5.73 Å². The van der Waals surface area contributed by atoms with Gasteiger partial charge in [-0.1, -0.05) is 17.7 Å². The van der Waals surface area contributed by atoms with Gasteiger partial charge < -0.3 is 10.5 Å². The maximum Gasteiger partial charge on any atom is 0.183 e. The van der Waals surface area contributed by atoms with Crippen molar-refractivity contribution in [2.75, 3.05) is 12.3 Å². The molecular weight excluding hydrogens is 278 g/mol. The Labute approximate surface area is 121 Å². The van der Waals surface area contributed by atoms with Crippen LogP contribution >= 0.6 is 11.6 Å². The van der Waals surface area contributed by atoms with Gasteiger partial charge in [0.15, 0.2) is 5.82 Å². The van der Waals surface area contributed by atoms with E-state index in [4.69, 9.17) is 22.1 Å². The molecule has 1 saturated heterocycles. The maximum atomic E-state index is 6.23. The number of hydrogen-bond acceptors (Lipinski definition) is 5. The van der Waals surface area contributed by atoms with Gasteiger partial charge in [-0.15, -0.1) is 5.10 Å². The van der Waals surface area contributed by atoms with Crippen LogP contribution in [0.4, 0.5) is 5.69 Å². The first-order chi connectivity index (χ1) is 9.75. The summed E-state index contributed by atoms with van der Waals surface area (Å²) in [6.45, 7) is 1.56. The zero-order chi connectivity index (χ0) is 13.9. The van der Waals surface area contributed by atoms with Crippen molar-refractivity contribution in [3.8, 4) is 11.4 Å². The molecule has 0 bridgehead atoms. The van der Waals surface area contributed by atoms with Crippen molar-refractivity contribution in [2.45, 2.75) is 31.9 Å². The molecule has 2 heterocycles. The molecule has 1 aliphatic heterocycles. The van der Waals surface area contributed by atoms with Crippen LogP contribution in [0.25, 0.3) is 11.4 Å². The maximum absolute atomic E-state index is 6.23. The summed E-state index contributed by atoms with van der Waals surface area (Å²) in [6, 6.07) is 5.47. The van der Waals surface area contributed by atoms with E-state index in [1.54, 1.807) is 10.7 Å². The normalized spacial score (nSPS) is 18.6. The van der Waals surface area contributed by atoms with Gasteiger partial charge in [-0.3, -0.25) is 0 Å². The Kier molecular flexibility index (Phi) is 3.84. The number of aryl methyl sites for hydroxylation is 1. The fraction of sp³-hybridized carbons (Fsp3) is 0.462. The summed E-state index contributed by atoms with van der Waals surface area (Å²) >= 11 is 6.23. The molecule has 1 aromatic heterocycles. The third-order valence-electron chi connectivity index (χ3n) is 3.49. The van der Waals surface area contributed by atoms with Crippen LogP contribution in [0.1, 0.15) is 19.3 Å². The molecule has 0 spiro atoms. The van der Waals surface area contributed by atoms with Crippen LogP contribution in [-0.4, -0.2) is 32.9 Å². The predicted molar refractivity (Wildman–Crippen MR) is 76.3 cm³/mol. The zero-order valence-corrected chi connectivity index (χ0v) is 11.8. The lowest BCUT2D eigenvalue weighted by molar-refractivity contribution is 0.0994. The van der Waals surface area contributed by atoms with Crippen molar-refractivity contribution in [1.29, 1.82) is 0 Å². The third-order valence-corrected chi connectivity index (χ3v) is 3.91. The van der Waals surface area contributed by atoms with Gasteiger partial charge >= 0.3 is 0 Å². The molecule has 0 saturated carbocycles. The van der Waals surface area contributed by atoms with E-state index in [2.05, 4.69) is 15.5 Å². The molecule has 106 valence electrons. The number of nitrogens with two attached hydrogens (primary N) is 1. The summed E-state index contributed by atoms with van der Waals surface area (Å²) < 4.78 is 7.36. The predicted octanol–water partition coefficient (Wildman–Crippen LogP) is 2.14. The Morgan fingerprint density at radius 1 is 1.45 bits per heavy atom. The van der Waals surface area contributed by atoms with E-state index in [9.17, 15) is 0 Å². The first-order valence-electron chi connectivity index (χ1n) is 6.68. The van der Waals surface area contributed by atoms with Crippen molar-refractivity contribution < 1.29 is 4.74 Å². The second kappa shape index (κ2) is 5.76. The van der Waals surface area contributed by atoms with Crippen molar-refractivity contribution in [2.24, 2.45) is 0 Å². The summed E-state index contributed by atoms with van der Waals surface area (Å²) in [5.41, 5.74) is 7.10. The molecule has 0 amide bonds. The summed E-state index contributed by atoms with van der Waals surface area (Å²) in [5, 5.41) is 12.3. The number of anilines is 1. The number of benzene rings is 1. The van der Waals surface area contributed by atoms with Gasteiger partial charge in [0, 0.05) is 18.7 Å². The van der Waals surface area contributed by atoms with Gasteiger partial charge in [-0.25, -0.2) is 4.68 Å². The summed E-state index contributed by atoms with van der Waals surface area (Å²) in [4.78, 5) is 0. The molecule has 2 aromatic rings. The molecule has 1 unspecified atom stereocenters. The minimum Gasteiger partial charge on any atom is -0.398 e. The van der Waals surface area contributed by atoms with Crippen LogP contribution in [0, 0.1) is 0 Å². The lowest BCUT2D eigenvalue weighted by Crippen LogP contribution is -2.12. The number of rotatable bonds is 4. The van der Waals surface area contributed by atoms with E-state index < -0.39 is 0 Å². The quantitative estimate of drug-likeness (QED) is 0.874. The highest BCUT2D eigenvalue weighted by Crippen LogP contribution is 2.30. The number of aromatic nitrogens is 4. The Morgan fingerprint density at radius 3 is 3.15 bits per heavy atom. The molecule has 1 aliphatic rings.